The summed E-state index contributed by atoms with van der Waals surface area (Å²) in [4.78, 5) is 41.9. The van der Waals surface area contributed by atoms with Crippen LogP contribution in [0.3, 0.4) is 0 Å². The number of fused-ring (bicyclic) bond motifs is 2. The highest BCUT2D eigenvalue weighted by molar-refractivity contribution is 6.21. The van der Waals surface area contributed by atoms with Crippen LogP contribution in [0.15, 0.2) is 42.5 Å². The van der Waals surface area contributed by atoms with Gasteiger partial charge < -0.3 is 4.84 Å². The van der Waals surface area contributed by atoms with E-state index in [0.29, 0.717) is 16.0 Å². The quantitative estimate of drug-likeness (QED) is 0.731. The number of imide groups is 1. The van der Waals surface area contributed by atoms with Crippen LogP contribution in [0.1, 0.15) is 36.8 Å². The molecule has 1 aliphatic rings. The molecule has 0 saturated carbocycles. The number of aryl methyl sites for hydroxylation is 1. The topological polar surface area (TPSA) is 92.4 Å². The zero-order valence-corrected chi connectivity index (χ0v) is 12.6. The third-order valence-corrected chi connectivity index (χ3v) is 3.84. The number of aromatic amines is 1. The van der Waals surface area contributed by atoms with E-state index in [2.05, 4.69) is 10.2 Å². The number of rotatable bonds is 2. The van der Waals surface area contributed by atoms with Crippen LogP contribution in [-0.4, -0.2) is 33.0 Å². The molecule has 7 nitrogen and oxygen atoms in total. The van der Waals surface area contributed by atoms with Crippen LogP contribution < -0.4 is 0 Å². The number of nitrogens with one attached hydrogen (secondary N) is 1. The molecule has 1 N–H and O–H groups in total. The van der Waals surface area contributed by atoms with Gasteiger partial charge in [0.15, 0.2) is 5.69 Å². The predicted octanol–water partition coefficient (Wildman–Crippen LogP) is 2.24. The second kappa shape index (κ2) is 5.02. The van der Waals surface area contributed by atoms with Crippen LogP contribution in [0.5, 0.6) is 0 Å². The number of benzene rings is 2. The Morgan fingerprint density at radius 2 is 1.75 bits per heavy atom. The first-order chi connectivity index (χ1) is 11.6. The third-order valence-electron chi connectivity index (χ3n) is 3.84. The number of hydroxylamine groups is 2. The standard InChI is InChI=1S/C17H11N3O4/c1-9-6-7-13-12(8-9)14(19-18-13)17(23)24-20-15(21)10-4-2-3-5-11(10)16(20)22/h2-8H,1H3,(H,18,19). The fourth-order valence-corrected chi connectivity index (χ4v) is 2.66. The maximum Gasteiger partial charge on any atom is 0.384 e. The monoisotopic (exact) mass is 321 g/mol. The summed E-state index contributed by atoms with van der Waals surface area (Å²) in [5, 5.41) is 7.69. The maximum atomic E-state index is 12.4. The van der Waals surface area contributed by atoms with Crippen molar-refractivity contribution < 1.29 is 19.2 Å². The van der Waals surface area contributed by atoms with Crippen LogP contribution in [-0.2, 0) is 4.84 Å². The van der Waals surface area contributed by atoms with E-state index in [9.17, 15) is 14.4 Å². The Morgan fingerprint density at radius 3 is 2.42 bits per heavy atom. The zero-order valence-electron chi connectivity index (χ0n) is 12.6. The molecule has 0 atom stereocenters. The number of hydrogen-bond acceptors (Lipinski definition) is 5. The number of H-pyrrole nitrogens is 1. The Morgan fingerprint density at radius 1 is 1.08 bits per heavy atom. The van der Waals surface area contributed by atoms with Crippen LogP contribution in [0.2, 0.25) is 0 Å². The normalized spacial score (nSPS) is 13.5. The van der Waals surface area contributed by atoms with Crippen molar-refractivity contribution >= 4 is 28.7 Å². The second-order valence-corrected chi connectivity index (χ2v) is 5.45. The lowest BCUT2D eigenvalue weighted by Gasteiger charge is -2.11. The smallest absolute Gasteiger partial charge is 0.322 e. The van der Waals surface area contributed by atoms with E-state index in [0.717, 1.165) is 5.56 Å². The molecule has 118 valence electrons. The number of carbonyl (C=O) groups is 3. The minimum Gasteiger partial charge on any atom is -0.322 e. The predicted molar refractivity (Wildman–Crippen MR) is 83.2 cm³/mol. The number of carbonyl (C=O) groups excluding carboxylic acids is 3. The molecule has 1 aliphatic heterocycles. The summed E-state index contributed by atoms with van der Waals surface area (Å²) in [6.45, 7) is 1.88. The van der Waals surface area contributed by atoms with Gasteiger partial charge in [0.2, 0.25) is 0 Å². The minimum atomic E-state index is -0.874. The lowest BCUT2D eigenvalue weighted by molar-refractivity contribution is -0.0587. The summed E-state index contributed by atoms with van der Waals surface area (Å²) in [7, 11) is 0. The summed E-state index contributed by atoms with van der Waals surface area (Å²) in [6.07, 6.45) is 0. The van der Waals surface area contributed by atoms with Gasteiger partial charge in [0, 0.05) is 5.39 Å². The van der Waals surface area contributed by atoms with Gasteiger partial charge in [-0.25, -0.2) is 4.79 Å². The van der Waals surface area contributed by atoms with Crippen molar-refractivity contribution in [2.24, 2.45) is 0 Å². The minimum absolute atomic E-state index is 0.0188. The molecule has 4 rings (SSSR count). The molecule has 0 aliphatic carbocycles. The summed E-state index contributed by atoms with van der Waals surface area (Å²) >= 11 is 0. The van der Waals surface area contributed by atoms with Gasteiger partial charge in [0.25, 0.3) is 11.8 Å². The van der Waals surface area contributed by atoms with Gasteiger partial charge in [0.05, 0.1) is 16.6 Å². The van der Waals surface area contributed by atoms with E-state index in [-0.39, 0.29) is 16.8 Å². The molecule has 24 heavy (non-hydrogen) atoms. The lowest BCUT2D eigenvalue weighted by atomic mass is 10.1. The fraction of sp³-hybridized carbons (Fsp3) is 0.0588. The Bertz CT molecular complexity index is 987. The van der Waals surface area contributed by atoms with E-state index in [1.54, 1.807) is 24.3 Å². The highest BCUT2D eigenvalue weighted by atomic mass is 16.7. The molecule has 2 aromatic carbocycles. The molecular formula is C17H11N3O4. The second-order valence-electron chi connectivity index (χ2n) is 5.45. The Hall–Kier alpha value is -3.48. The number of amides is 2. The Labute approximate surface area is 135 Å². The first kappa shape index (κ1) is 14.1. The Balaban J connectivity index is 1.66. The van der Waals surface area contributed by atoms with E-state index >= 15 is 0 Å². The van der Waals surface area contributed by atoms with Crippen molar-refractivity contribution in [1.82, 2.24) is 15.3 Å². The van der Waals surface area contributed by atoms with Crippen LogP contribution in [0.25, 0.3) is 10.9 Å². The molecule has 7 heteroatoms. The van der Waals surface area contributed by atoms with Gasteiger partial charge in [-0.05, 0) is 31.2 Å². The van der Waals surface area contributed by atoms with Crippen LogP contribution in [0, 0.1) is 6.92 Å². The van der Waals surface area contributed by atoms with Crippen molar-refractivity contribution in [3.05, 3.63) is 64.8 Å². The Kier molecular flexibility index (Phi) is 2.96. The van der Waals surface area contributed by atoms with Gasteiger partial charge >= 0.3 is 5.97 Å². The van der Waals surface area contributed by atoms with Gasteiger partial charge in [-0.2, -0.15) is 5.10 Å². The van der Waals surface area contributed by atoms with Crippen molar-refractivity contribution in [2.75, 3.05) is 0 Å². The van der Waals surface area contributed by atoms with E-state index in [4.69, 9.17) is 4.84 Å². The summed E-state index contributed by atoms with van der Waals surface area (Å²) < 4.78 is 0. The highest BCUT2D eigenvalue weighted by Gasteiger charge is 2.39. The maximum absolute atomic E-state index is 12.4. The molecule has 0 unspecified atom stereocenters. The molecule has 0 spiro atoms. The molecule has 2 heterocycles. The highest BCUT2D eigenvalue weighted by Crippen LogP contribution is 2.24. The first-order valence-electron chi connectivity index (χ1n) is 7.21. The molecule has 0 radical (unpaired) electrons. The zero-order chi connectivity index (χ0) is 16.8. The van der Waals surface area contributed by atoms with Crippen molar-refractivity contribution in [3.8, 4) is 0 Å². The van der Waals surface area contributed by atoms with Gasteiger partial charge in [-0.15, -0.1) is 0 Å². The molecule has 0 saturated heterocycles. The lowest BCUT2D eigenvalue weighted by Crippen LogP contribution is -2.32. The van der Waals surface area contributed by atoms with E-state index in [1.165, 1.54) is 12.1 Å². The molecule has 0 fully saturated rings. The number of hydrogen-bond donors (Lipinski definition) is 1. The van der Waals surface area contributed by atoms with Crippen LogP contribution in [0.4, 0.5) is 0 Å². The number of aromatic nitrogens is 2. The fourth-order valence-electron chi connectivity index (χ4n) is 2.66. The van der Waals surface area contributed by atoms with Crippen molar-refractivity contribution in [1.29, 1.82) is 0 Å². The average Bonchev–Trinajstić information content (AvgIpc) is 3.10. The molecule has 3 aromatic rings. The summed E-state index contributed by atoms with van der Waals surface area (Å²) in [5.74, 6) is -2.21. The first-order valence-corrected chi connectivity index (χ1v) is 7.21. The number of nitrogens with zero attached hydrogens (tertiary/aromatic N) is 2. The third kappa shape index (κ3) is 1.98. The molecule has 0 bridgehead atoms. The SMILES string of the molecule is Cc1ccc2[nH]nc(C(=O)ON3C(=O)c4ccccc4C3=O)c2c1. The van der Waals surface area contributed by atoms with Gasteiger partial charge in [-0.1, -0.05) is 28.8 Å². The summed E-state index contributed by atoms with van der Waals surface area (Å²) in [5.41, 5.74) is 2.04. The van der Waals surface area contributed by atoms with E-state index in [1.807, 2.05) is 13.0 Å². The largest absolute Gasteiger partial charge is 0.384 e. The van der Waals surface area contributed by atoms with Crippen molar-refractivity contribution in [2.45, 2.75) is 6.92 Å². The average molecular weight is 321 g/mol. The summed E-state index contributed by atoms with van der Waals surface area (Å²) in [6, 6.07) is 11.7. The van der Waals surface area contributed by atoms with Gasteiger partial charge in [0.1, 0.15) is 0 Å². The molecular weight excluding hydrogens is 310 g/mol. The van der Waals surface area contributed by atoms with Gasteiger partial charge in [-0.3, -0.25) is 14.7 Å². The van der Waals surface area contributed by atoms with E-state index < -0.39 is 17.8 Å². The van der Waals surface area contributed by atoms with Crippen LogP contribution >= 0.6 is 0 Å². The molecule has 2 amide bonds. The molecule has 1 aromatic heterocycles. The van der Waals surface area contributed by atoms with Crippen molar-refractivity contribution in [3.63, 3.8) is 0 Å².